The number of methoxy groups -OCH3 is 1. The van der Waals surface area contributed by atoms with Crippen LogP contribution in [0, 0.1) is 6.92 Å². The summed E-state index contributed by atoms with van der Waals surface area (Å²) >= 11 is 0. The normalized spacial score (nSPS) is 12.3. The first-order valence-corrected chi connectivity index (χ1v) is 15.9. The third kappa shape index (κ3) is 9.91. The molecule has 1 unspecified atom stereocenters. The predicted molar refractivity (Wildman–Crippen MR) is 168 cm³/mol. The molecule has 226 valence electrons. The van der Waals surface area contributed by atoms with Crippen LogP contribution in [0.2, 0.25) is 0 Å². The molecule has 1 atom stereocenters. The number of ether oxygens (including phenoxy) is 1. The van der Waals surface area contributed by atoms with Gasteiger partial charge < -0.3 is 15.0 Å². The van der Waals surface area contributed by atoms with Crippen LogP contribution in [0.4, 0.5) is 5.69 Å². The van der Waals surface area contributed by atoms with Crippen LogP contribution in [-0.4, -0.2) is 56.6 Å². The molecule has 0 bridgehead atoms. The van der Waals surface area contributed by atoms with E-state index in [4.69, 9.17) is 4.74 Å². The van der Waals surface area contributed by atoms with Gasteiger partial charge in [-0.2, -0.15) is 0 Å². The smallest absolute Gasteiger partial charge is 0.243 e. The number of aryl methyl sites for hydroxylation is 1. The number of sulfonamides is 1. The molecule has 0 saturated heterocycles. The fourth-order valence-electron chi connectivity index (χ4n) is 4.76. The molecule has 0 aliphatic rings. The van der Waals surface area contributed by atoms with Crippen molar-refractivity contribution in [3.05, 3.63) is 95.6 Å². The van der Waals surface area contributed by atoms with Crippen LogP contribution in [0.5, 0.6) is 5.75 Å². The Hall–Kier alpha value is -3.85. The summed E-state index contributed by atoms with van der Waals surface area (Å²) in [6, 6.07) is 23.5. The van der Waals surface area contributed by atoms with E-state index >= 15 is 0 Å². The van der Waals surface area contributed by atoms with Crippen LogP contribution >= 0.6 is 0 Å². The standard InChI is InChI=1S/C33H43N3O5S/c1-25-13-10-17-28(21-25)36(42(6,39)40)20-12-19-31(37)35(24-27-16-11-18-29(22-27)41-5)30(32(38)34-33(2,3)4)23-26-14-8-7-9-15-26/h7-11,13-18,21-22,30H,12,19-20,23-24H2,1-6H3,(H,34,38). The molecule has 42 heavy (non-hydrogen) atoms. The molecule has 0 heterocycles. The summed E-state index contributed by atoms with van der Waals surface area (Å²) in [5.74, 6) is 0.168. The highest BCUT2D eigenvalue weighted by atomic mass is 32.2. The van der Waals surface area contributed by atoms with Crippen LogP contribution in [0.25, 0.3) is 0 Å². The van der Waals surface area contributed by atoms with Crippen molar-refractivity contribution in [1.29, 1.82) is 0 Å². The van der Waals surface area contributed by atoms with Gasteiger partial charge in [0.1, 0.15) is 11.8 Å². The number of nitrogens with one attached hydrogen (secondary N) is 1. The Balaban J connectivity index is 1.92. The van der Waals surface area contributed by atoms with E-state index in [2.05, 4.69) is 5.32 Å². The Labute approximate surface area is 250 Å². The van der Waals surface area contributed by atoms with Crippen LogP contribution in [0.1, 0.15) is 50.3 Å². The van der Waals surface area contributed by atoms with Crippen molar-refractivity contribution < 1.29 is 22.7 Å². The summed E-state index contributed by atoms with van der Waals surface area (Å²) in [6.45, 7) is 7.95. The van der Waals surface area contributed by atoms with Gasteiger partial charge in [-0.15, -0.1) is 0 Å². The molecule has 3 rings (SSSR count). The first-order valence-electron chi connectivity index (χ1n) is 14.1. The molecule has 9 heteroatoms. The Morgan fingerprint density at radius 2 is 1.60 bits per heavy atom. The van der Waals surface area contributed by atoms with E-state index in [-0.39, 0.29) is 37.7 Å². The fourth-order valence-corrected chi connectivity index (χ4v) is 5.72. The molecule has 2 amide bonds. The van der Waals surface area contributed by atoms with E-state index < -0.39 is 21.6 Å². The van der Waals surface area contributed by atoms with Gasteiger partial charge in [-0.3, -0.25) is 13.9 Å². The topological polar surface area (TPSA) is 96.0 Å². The first kappa shape index (κ1) is 32.7. The molecule has 8 nitrogen and oxygen atoms in total. The summed E-state index contributed by atoms with van der Waals surface area (Å²) in [4.78, 5) is 29.3. The summed E-state index contributed by atoms with van der Waals surface area (Å²) < 4.78 is 32.0. The molecular formula is C33H43N3O5S. The van der Waals surface area contributed by atoms with E-state index in [0.717, 1.165) is 16.7 Å². The second kappa shape index (κ2) is 14.4. The lowest BCUT2D eigenvalue weighted by Crippen LogP contribution is -2.54. The molecular weight excluding hydrogens is 550 g/mol. The summed E-state index contributed by atoms with van der Waals surface area (Å²) in [6.07, 6.45) is 1.85. The summed E-state index contributed by atoms with van der Waals surface area (Å²) in [5.41, 5.74) is 2.75. The zero-order valence-corrected chi connectivity index (χ0v) is 26.3. The predicted octanol–water partition coefficient (Wildman–Crippen LogP) is 5.10. The van der Waals surface area contributed by atoms with Crippen molar-refractivity contribution in [2.24, 2.45) is 0 Å². The number of hydrogen-bond donors (Lipinski definition) is 1. The van der Waals surface area contributed by atoms with Crippen molar-refractivity contribution in [2.45, 2.75) is 65.1 Å². The molecule has 0 fully saturated rings. The van der Waals surface area contributed by atoms with E-state index in [1.165, 1.54) is 10.6 Å². The fraction of sp³-hybridized carbons (Fsp3) is 0.394. The van der Waals surface area contributed by atoms with Gasteiger partial charge in [-0.05, 0) is 75.1 Å². The Kier molecular flexibility index (Phi) is 11.2. The lowest BCUT2D eigenvalue weighted by Gasteiger charge is -2.34. The van der Waals surface area contributed by atoms with Crippen LogP contribution < -0.4 is 14.4 Å². The van der Waals surface area contributed by atoms with Gasteiger partial charge in [0.15, 0.2) is 0 Å². The third-order valence-electron chi connectivity index (χ3n) is 6.70. The van der Waals surface area contributed by atoms with Crippen molar-refractivity contribution in [1.82, 2.24) is 10.2 Å². The Bertz CT molecular complexity index is 1450. The first-order chi connectivity index (χ1) is 19.8. The lowest BCUT2D eigenvalue weighted by molar-refractivity contribution is -0.142. The molecule has 0 spiro atoms. The number of rotatable bonds is 13. The van der Waals surface area contributed by atoms with Gasteiger partial charge in [0.05, 0.1) is 19.1 Å². The quantitative estimate of drug-likeness (QED) is 0.297. The highest BCUT2D eigenvalue weighted by molar-refractivity contribution is 7.92. The Morgan fingerprint density at radius 3 is 2.21 bits per heavy atom. The highest BCUT2D eigenvalue weighted by Gasteiger charge is 2.32. The molecule has 1 N–H and O–H groups in total. The average Bonchev–Trinajstić information content (AvgIpc) is 2.92. The zero-order chi connectivity index (χ0) is 30.9. The molecule has 0 saturated carbocycles. The van der Waals surface area contributed by atoms with Gasteiger partial charge in [0.25, 0.3) is 0 Å². The van der Waals surface area contributed by atoms with Gasteiger partial charge in [-0.25, -0.2) is 8.42 Å². The minimum Gasteiger partial charge on any atom is -0.497 e. The summed E-state index contributed by atoms with van der Waals surface area (Å²) in [5, 5.41) is 3.06. The average molecular weight is 594 g/mol. The van der Waals surface area contributed by atoms with Crippen LogP contribution in [0.3, 0.4) is 0 Å². The van der Waals surface area contributed by atoms with Gasteiger partial charge in [0.2, 0.25) is 21.8 Å². The van der Waals surface area contributed by atoms with Crippen molar-refractivity contribution in [3.63, 3.8) is 0 Å². The molecule has 0 aliphatic carbocycles. The van der Waals surface area contributed by atoms with Gasteiger partial charge >= 0.3 is 0 Å². The van der Waals surface area contributed by atoms with E-state index in [1.54, 1.807) is 18.1 Å². The van der Waals surface area contributed by atoms with Crippen LogP contribution in [0.15, 0.2) is 78.9 Å². The summed E-state index contributed by atoms with van der Waals surface area (Å²) in [7, 11) is -1.99. The monoisotopic (exact) mass is 593 g/mol. The second-order valence-electron chi connectivity index (χ2n) is 11.6. The number of carbonyl (C=O) groups excluding carboxylic acids is 2. The zero-order valence-electron chi connectivity index (χ0n) is 25.5. The van der Waals surface area contributed by atoms with Gasteiger partial charge in [-0.1, -0.05) is 54.6 Å². The number of benzene rings is 3. The number of anilines is 1. The highest BCUT2D eigenvalue weighted by Crippen LogP contribution is 2.22. The van der Waals surface area contributed by atoms with E-state index in [0.29, 0.717) is 17.9 Å². The van der Waals surface area contributed by atoms with Gasteiger partial charge in [0, 0.05) is 31.5 Å². The minimum atomic E-state index is -3.57. The maximum Gasteiger partial charge on any atom is 0.243 e. The van der Waals surface area contributed by atoms with Crippen molar-refractivity contribution >= 4 is 27.5 Å². The van der Waals surface area contributed by atoms with Crippen molar-refractivity contribution in [2.75, 3.05) is 24.2 Å². The third-order valence-corrected chi connectivity index (χ3v) is 7.89. The maximum atomic E-state index is 14.0. The van der Waals surface area contributed by atoms with E-state index in [1.807, 2.05) is 100 Å². The maximum absolute atomic E-state index is 14.0. The second-order valence-corrected chi connectivity index (χ2v) is 13.5. The number of carbonyl (C=O) groups is 2. The SMILES string of the molecule is COc1cccc(CN(C(=O)CCCN(c2cccc(C)c2)S(C)(=O)=O)C(Cc2ccccc2)C(=O)NC(C)(C)C)c1. The molecule has 0 aliphatic heterocycles. The number of amides is 2. The molecule has 3 aromatic rings. The number of hydrogen-bond acceptors (Lipinski definition) is 5. The largest absolute Gasteiger partial charge is 0.497 e. The number of nitrogens with zero attached hydrogens (tertiary/aromatic N) is 2. The Morgan fingerprint density at radius 1 is 0.929 bits per heavy atom. The van der Waals surface area contributed by atoms with Crippen molar-refractivity contribution in [3.8, 4) is 5.75 Å². The van der Waals surface area contributed by atoms with E-state index in [9.17, 15) is 18.0 Å². The van der Waals surface area contributed by atoms with Crippen LogP contribution in [-0.2, 0) is 32.6 Å². The molecule has 3 aromatic carbocycles. The molecule has 0 aromatic heterocycles. The molecule has 0 radical (unpaired) electrons. The minimum absolute atomic E-state index is 0.0654. The lowest BCUT2D eigenvalue weighted by atomic mass is 10.00.